The third kappa shape index (κ3) is 11.7. The lowest BCUT2D eigenvalue weighted by Gasteiger charge is -2.45. The molecule has 4 aliphatic rings. The summed E-state index contributed by atoms with van der Waals surface area (Å²) in [6.07, 6.45) is -5.49. The molecule has 348 valence electrons. The summed E-state index contributed by atoms with van der Waals surface area (Å²) >= 11 is 5.82. The smallest absolute Gasteiger partial charge is 0.303 e. The van der Waals surface area contributed by atoms with Gasteiger partial charge in [-0.25, -0.2) is 0 Å². The number of anilines is 2. The Hall–Kier alpha value is -5.50. The van der Waals surface area contributed by atoms with E-state index < -0.39 is 66.2 Å². The van der Waals surface area contributed by atoms with E-state index in [0.717, 1.165) is 30.7 Å². The molecule has 17 nitrogen and oxygen atoms in total. The topological polar surface area (TPSA) is 201 Å². The van der Waals surface area contributed by atoms with Crippen LogP contribution < -0.4 is 15.5 Å². The van der Waals surface area contributed by atoms with E-state index in [9.17, 15) is 29.1 Å². The van der Waals surface area contributed by atoms with Crippen molar-refractivity contribution in [2.45, 2.75) is 115 Å². The van der Waals surface area contributed by atoms with E-state index in [2.05, 4.69) is 20.4 Å². The molecule has 3 N–H and O–H groups in total. The third-order valence-corrected chi connectivity index (χ3v) is 12.3. The first-order valence-electron chi connectivity index (χ1n) is 21.8. The van der Waals surface area contributed by atoms with Gasteiger partial charge in [-0.05, 0) is 48.2 Å². The van der Waals surface area contributed by atoms with E-state index >= 15 is 0 Å². The maximum absolute atomic E-state index is 13.4. The van der Waals surface area contributed by atoms with Crippen LogP contribution in [0.2, 0.25) is 0 Å². The van der Waals surface area contributed by atoms with Gasteiger partial charge in [-0.2, -0.15) is 0 Å². The van der Waals surface area contributed by atoms with Crippen LogP contribution in [0.25, 0.3) is 0 Å². The number of esters is 4. The number of carbonyl (C=O) groups excluding carboxylic acids is 5. The summed E-state index contributed by atoms with van der Waals surface area (Å²) in [4.78, 5) is 66.9. The molecular weight excluding hydrogens is 861 g/mol. The zero-order chi connectivity index (χ0) is 46.3. The molecule has 0 saturated carbocycles. The van der Waals surface area contributed by atoms with Crippen molar-refractivity contribution in [2.24, 2.45) is 0 Å². The fourth-order valence-corrected chi connectivity index (χ4v) is 9.38. The fraction of sp³-hybridized carbons (Fsp3) is 0.489. The van der Waals surface area contributed by atoms with Gasteiger partial charge in [-0.1, -0.05) is 66.8 Å². The highest BCUT2D eigenvalue weighted by Gasteiger charge is 2.53. The molecule has 4 saturated heterocycles. The fourth-order valence-electron chi connectivity index (χ4n) is 9.10. The quantitative estimate of drug-likeness (QED) is 0.117. The molecule has 4 aliphatic heterocycles. The van der Waals surface area contributed by atoms with E-state index in [4.69, 9.17) is 45.4 Å². The number of piperidine rings is 1. The molecule has 4 fully saturated rings. The number of amides is 1. The Morgan fingerprint density at radius 1 is 0.800 bits per heavy atom. The highest BCUT2D eigenvalue weighted by Crippen LogP contribution is 2.41. The SMILES string of the molecule is CC(=O)OCC1OC(CC(=S)Nc2cccc(C3OC(CN4CCC5(CC4)C(=O)NCN5c4ccccc4)CC(c4ccc(CO)cc4)O3)c2)C(OC(C)=O)C(OC(C)=O)C1OC(C)=O. The van der Waals surface area contributed by atoms with Crippen LogP contribution in [0.1, 0.15) is 82.5 Å². The van der Waals surface area contributed by atoms with E-state index in [1.807, 2.05) is 78.9 Å². The number of benzene rings is 3. The van der Waals surface area contributed by atoms with Gasteiger partial charge in [0.15, 0.2) is 24.6 Å². The first kappa shape index (κ1) is 47.5. The standard InChI is InChI=1S/C47H56N4O13S/c1-28(53)58-26-40-43(60-30(3)55)44(61-31(4)56)42(59-29(2)54)39(63-40)23-41(65)49-35-10-8-9-34(21-35)45-62-37(22-38(64-45)33-15-13-32(25-52)14-16-33)24-50-19-17-47(18-20-50)46(57)48-27-51(47)36-11-6-5-7-12-36/h5-16,21,37-40,42-45,52H,17-20,22-27H2,1-4H3,(H,48,57)(H,49,65). The van der Waals surface area contributed by atoms with Crippen LogP contribution >= 0.6 is 12.2 Å². The molecule has 1 amide bonds. The molecule has 8 atom stereocenters. The first-order chi connectivity index (χ1) is 31.2. The summed E-state index contributed by atoms with van der Waals surface area (Å²) < 4.78 is 41.6. The molecule has 0 radical (unpaired) electrons. The van der Waals surface area contributed by atoms with Crippen LogP contribution in [-0.2, 0) is 63.7 Å². The highest BCUT2D eigenvalue weighted by molar-refractivity contribution is 7.80. The minimum Gasteiger partial charge on any atom is -0.463 e. The van der Waals surface area contributed by atoms with Gasteiger partial charge in [0.25, 0.3) is 0 Å². The Balaban J connectivity index is 1.07. The number of hydrogen-bond acceptors (Lipinski definition) is 16. The Labute approximate surface area is 382 Å². The maximum atomic E-state index is 13.4. The number of para-hydroxylation sites is 1. The zero-order valence-corrected chi connectivity index (χ0v) is 37.7. The minimum atomic E-state index is -1.32. The van der Waals surface area contributed by atoms with Crippen molar-refractivity contribution in [3.63, 3.8) is 0 Å². The van der Waals surface area contributed by atoms with E-state index in [-0.39, 0.29) is 42.7 Å². The number of carbonyl (C=O) groups is 5. The summed E-state index contributed by atoms with van der Waals surface area (Å²) in [6, 6.07) is 25.1. The molecule has 3 aromatic rings. The van der Waals surface area contributed by atoms with Crippen molar-refractivity contribution in [1.29, 1.82) is 0 Å². The van der Waals surface area contributed by atoms with Gasteiger partial charge < -0.3 is 58.7 Å². The number of aliphatic hydroxyl groups is 1. The molecule has 4 heterocycles. The van der Waals surface area contributed by atoms with E-state index in [1.165, 1.54) is 13.8 Å². The van der Waals surface area contributed by atoms with Crippen molar-refractivity contribution in [1.82, 2.24) is 10.2 Å². The van der Waals surface area contributed by atoms with E-state index in [0.29, 0.717) is 56.8 Å². The molecule has 18 heteroatoms. The van der Waals surface area contributed by atoms with Gasteiger partial charge in [0.05, 0.1) is 30.5 Å². The lowest BCUT2D eigenvalue weighted by atomic mass is 9.85. The Kier molecular flexibility index (Phi) is 15.5. The molecule has 0 aliphatic carbocycles. The number of nitrogens with one attached hydrogen (secondary N) is 2. The number of likely N-dealkylation sites (tertiary alicyclic amines) is 1. The number of aliphatic hydroxyl groups excluding tert-OH is 1. The van der Waals surface area contributed by atoms with Crippen LogP contribution in [0.15, 0.2) is 78.9 Å². The zero-order valence-electron chi connectivity index (χ0n) is 36.8. The molecule has 3 aromatic carbocycles. The molecule has 0 aromatic heterocycles. The summed E-state index contributed by atoms with van der Waals surface area (Å²) in [5, 5.41) is 16.0. The van der Waals surface area contributed by atoms with Crippen LogP contribution in [0.4, 0.5) is 11.4 Å². The predicted molar refractivity (Wildman–Crippen MR) is 238 cm³/mol. The Bertz CT molecular complexity index is 2190. The lowest BCUT2D eigenvalue weighted by molar-refractivity contribution is -0.253. The highest BCUT2D eigenvalue weighted by atomic mass is 32.1. The predicted octanol–water partition coefficient (Wildman–Crippen LogP) is 4.41. The van der Waals surface area contributed by atoms with Gasteiger partial charge in [0.2, 0.25) is 5.91 Å². The van der Waals surface area contributed by atoms with Gasteiger partial charge in [0.1, 0.15) is 24.4 Å². The normalized spacial score (nSPS) is 26.4. The summed E-state index contributed by atoms with van der Waals surface area (Å²) in [5.74, 6) is -2.72. The average molecular weight is 917 g/mol. The van der Waals surface area contributed by atoms with Gasteiger partial charge in [0, 0.05) is 77.1 Å². The number of nitrogens with zero attached hydrogens (tertiary/aromatic N) is 2. The minimum absolute atomic E-state index is 0.0507. The van der Waals surface area contributed by atoms with Crippen molar-refractivity contribution in [3.8, 4) is 0 Å². The largest absolute Gasteiger partial charge is 0.463 e. The lowest BCUT2D eigenvalue weighted by Crippen LogP contribution is -2.62. The Morgan fingerprint density at radius 2 is 1.46 bits per heavy atom. The second kappa shape index (κ2) is 21.2. The average Bonchev–Trinajstić information content (AvgIpc) is 3.59. The number of rotatable bonds is 14. The maximum Gasteiger partial charge on any atom is 0.303 e. The van der Waals surface area contributed by atoms with Crippen LogP contribution in [0.5, 0.6) is 0 Å². The molecular formula is C47H56N4O13S. The van der Waals surface area contributed by atoms with Crippen LogP contribution in [0, 0.1) is 0 Å². The summed E-state index contributed by atoms with van der Waals surface area (Å²) in [6.45, 7) is 6.78. The van der Waals surface area contributed by atoms with Gasteiger partial charge in [-0.3, -0.25) is 24.0 Å². The number of hydrogen-bond donors (Lipinski definition) is 3. The number of thiocarbonyl (C=S) groups is 1. The molecule has 1 spiro atoms. The van der Waals surface area contributed by atoms with Gasteiger partial charge >= 0.3 is 23.9 Å². The van der Waals surface area contributed by atoms with Crippen molar-refractivity contribution in [2.75, 3.05) is 43.1 Å². The summed E-state index contributed by atoms with van der Waals surface area (Å²) in [5.41, 5.74) is 3.44. The monoisotopic (exact) mass is 916 g/mol. The molecule has 8 unspecified atom stereocenters. The van der Waals surface area contributed by atoms with Gasteiger partial charge in [-0.15, -0.1) is 0 Å². The Morgan fingerprint density at radius 3 is 2.11 bits per heavy atom. The van der Waals surface area contributed by atoms with Crippen molar-refractivity contribution in [3.05, 3.63) is 95.6 Å². The summed E-state index contributed by atoms with van der Waals surface area (Å²) in [7, 11) is 0. The van der Waals surface area contributed by atoms with E-state index in [1.54, 1.807) is 0 Å². The molecule has 0 bridgehead atoms. The van der Waals surface area contributed by atoms with Crippen LogP contribution in [-0.4, -0.2) is 120 Å². The van der Waals surface area contributed by atoms with Crippen molar-refractivity contribution >= 4 is 58.4 Å². The first-order valence-corrected chi connectivity index (χ1v) is 22.2. The second-order valence-corrected chi connectivity index (χ2v) is 17.2. The second-order valence-electron chi connectivity index (χ2n) is 16.7. The number of ether oxygens (including phenoxy) is 7. The third-order valence-electron chi connectivity index (χ3n) is 12.1. The molecule has 7 rings (SSSR count). The van der Waals surface area contributed by atoms with Crippen LogP contribution in [0.3, 0.4) is 0 Å². The molecule has 65 heavy (non-hydrogen) atoms. The van der Waals surface area contributed by atoms with Crippen molar-refractivity contribution < 1.29 is 62.2 Å².